The number of pyridine rings is 1. The van der Waals surface area contributed by atoms with E-state index in [2.05, 4.69) is 10.3 Å². The van der Waals surface area contributed by atoms with Crippen LogP contribution in [0, 0.1) is 12.7 Å². The molecule has 0 amide bonds. The van der Waals surface area contributed by atoms with Crippen LogP contribution in [0.1, 0.15) is 29.8 Å². The van der Waals surface area contributed by atoms with Crippen LogP contribution in [0.4, 0.5) is 4.39 Å². The number of nitrogens with one attached hydrogen (secondary N) is 1. The van der Waals surface area contributed by atoms with E-state index in [4.69, 9.17) is 4.74 Å². The maximum absolute atomic E-state index is 13.8. The largest absolute Gasteiger partial charge is 0.495 e. The van der Waals surface area contributed by atoms with Crippen molar-refractivity contribution in [2.45, 2.75) is 19.9 Å². The smallest absolute Gasteiger partial charge is 0.142 e. The SMILES string of the molecule is CCNC(c1ccc(C)c(F)c1)c1ncccc1OC. The summed E-state index contributed by atoms with van der Waals surface area (Å²) in [5.74, 6) is 0.486. The van der Waals surface area contributed by atoms with Crippen molar-refractivity contribution < 1.29 is 9.13 Å². The van der Waals surface area contributed by atoms with Crippen molar-refractivity contribution in [2.24, 2.45) is 0 Å². The summed E-state index contributed by atoms with van der Waals surface area (Å²) in [7, 11) is 1.61. The highest BCUT2D eigenvalue weighted by Crippen LogP contribution is 2.28. The predicted molar refractivity (Wildman–Crippen MR) is 77.4 cm³/mol. The molecule has 1 N–H and O–H groups in total. The van der Waals surface area contributed by atoms with E-state index in [-0.39, 0.29) is 11.9 Å². The molecular formula is C16H19FN2O. The minimum absolute atomic E-state index is 0.189. The second-order valence-corrected chi connectivity index (χ2v) is 4.59. The number of hydrogen-bond donors (Lipinski definition) is 1. The van der Waals surface area contributed by atoms with E-state index >= 15 is 0 Å². The molecule has 0 aliphatic heterocycles. The van der Waals surface area contributed by atoms with Crippen LogP contribution in [0.25, 0.3) is 0 Å². The van der Waals surface area contributed by atoms with Gasteiger partial charge < -0.3 is 10.1 Å². The first-order chi connectivity index (χ1) is 9.67. The van der Waals surface area contributed by atoms with Crippen LogP contribution in [0.5, 0.6) is 5.75 Å². The minimum Gasteiger partial charge on any atom is -0.495 e. The van der Waals surface area contributed by atoms with Gasteiger partial charge in [-0.25, -0.2) is 4.39 Å². The van der Waals surface area contributed by atoms with Crippen molar-refractivity contribution in [3.05, 3.63) is 59.2 Å². The fraction of sp³-hybridized carbons (Fsp3) is 0.312. The molecule has 1 aromatic heterocycles. The predicted octanol–water partition coefficient (Wildman–Crippen LogP) is 3.24. The first kappa shape index (κ1) is 14.5. The summed E-state index contributed by atoms with van der Waals surface area (Å²) >= 11 is 0. The van der Waals surface area contributed by atoms with Crippen LogP contribution in [0.3, 0.4) is 0 Å². The van der Waals surface area contributed by atoms with Crippen molar-refractivity contribution >= 4 is 0 Å². The summed E-state index contributed by atoms with van der Waals surface area (Å²) < 4.78 is 19.2. The molecular weight excluding hydrogens is 255 g/mol. The molecule has 2 aromatic rings. The van der Waals surface area contributed by atoms with E-state index < -0.39 is 0 Å². The molecule has 0 radical (unpaired) electrons. The lowest BCUT2D eigenvalue weighted by Crippen LogP contribution is -2.23. The number of aryl methyl sites for hydroxylation is 1. The average molecular weight is 274 g/mol. The maximum atomic E-state index is 13.8. The second-order valence-electron chi connectivity index (χ2n) is 4.59. The van der Waals surface area contributed by atoms with Crippen molar-refractivity contribution in [3.63, 3.8) is 0 Å². The number of methoxy groups -OCH3 is 1. The molecule has 0 saturated carbocycles. The molecule has 0 aliphatic rings. The van der Waals surface area contributed by atoms with Crippen LogP contribution in [-0.4, -0.2) is 18.6 Å². The van der Waals surface area contributed by atoms with Gasteiger partial charge in [0.25, 0.3) is 0 Å². The van der Waals surface area contributed by atoms with Crippen molar-refractivity contribution in [1.82, 2.24) is 10.3 Å². The normalized spacial score (nSPS) is 12.2. The Morgan fingerprint density at radius 1 is 1.35 bits per heavy atom. The van der Waals surface area contributed by atoms with E-state index in [0.29, 0.717) is 11.3 Å². The van der Waals surface area contributed by atoms with E-state index in [1.165, 1.54) is 0 Å². The zero-order valence-corrected chi connectivity index (χ0v) is 12.0. The van der Waals surface area contributed by atoms with Gasteiger partial charge in [-0.1, -0.05) is 19.1 Å². The summed E-state index contributed by atoms with van der Waals surface area (Å²) in [4.78, 5) is 4.39. The highest BCUT2D eigenvalue weighted by Gasteiger charge is 2.19. The molecule has 3 nitrogen and oxygen atoms in total. The monoisotopic (exact) mass is 274 g/mol. The molecule has 1 atom stereocenters. The number of benzene rings is 1. The zero-order chi connectivity index (χ0) is 14.5. The lowest BCUT2D eigenvalue weighted by Gasteiger charge is -2.20. The molecule has 1 aromatic carbocycles. The van der Waals surface area contributed by atoms with Crippen LogP contribution < -0.4 is 10.1 Å². The van der Waals surface area contributed by atoms with E-state index in [1.54, 1.807) is 32.4 Å². The zero-order valence-electron chi connectivity index (χ0n) is 12.0. The van der Waals surface area contributed by atoms with Gasteiger partial charge in [-0.3, -0.25) is 4.98 Å². The summed E-state index contributed by atoms with van der Waals surface area (Å²) in [5.41, 5.74) is 2.24. The summed E-state index contributed by atoms with van der Waals surface area (Å²) in [6.07, 6.45) is 1.72. The highest BCUT2D eigenvalue weighted by molar-refractivity contribution is 5.38. The number of rotatable bonds is 5. The number of aromatic nitrogens is 1. The Kier molecular flexibility index (Phi) is 4.69. The lowest BCUT2D eigenvalue weighted by molar-refractivity contribution is 0.400. The van der Waals surface area contributed by atoms with Crippen molar-refractivity contribution in [1.29, 1.82) is 0 Å². The molecule has 20 heavy (non-hydrogen) atoms. The van der Waals surface area contributed by atoms with E-state index in [1.807, 2.05) is 25.1 Å². The molecule has 0 fully saturated rings. The Labute approximate surface area is 118 Å². The Morgan fingerprint density at radius 3 is 2.80 bits per heavy atom. The Bertz CT molecular complexity index is 586. The van der Waals surface area contributed by atoms with Crippen LogP contribution >= 0.6 is 0 Å². The molecule has 0 saturated heterocycles. The first-order valence-corrected chi connectivity index (χ1v) is 6.65. The summed E-state index contributed by atoms with van der Waals surface area (Å²) in [6.45, 7) is 4.51. The first-order valence-electron chi connectivity index (χ1n) is 6.65. The van der Waals surface area contributed by atoms with Crippen LogP contribution in [0.2, 0.25) is 0 Å². The van der Waals surface area contributed by atoms with Gasteiger partial charge >= 0.3 is 0 Å². The topological polar surface area (TPSA) is 34.2 Å². The third-order valence-corrected chi connectivity index (χ3v) is 3.23. The molecule has 4 heteroatoms. The third kappa shape index (κ3) is 2.96. The quantitative estimate of drug-likeness (QED) is 0.909. The number of ether oxygens (including phenoxy) is 1. The second kappa shape index (κ2) is 6.48. The average Bonchev–Trinajstić information content (AvgIpc) is 2.48. The summed E-state index contributed by atoms with van der Waals surface area (Å²) in [6, 6.07) is 8.74. The van der Waals surface area contributed by atoms with Gasteiger partial charge in [0, 0.05) is 6.20 Å². The molecule has 1 unspecified atom stereocenters. The highest BCUT2D eigenvalue weighted by atomic mass is 19.1. The molecule has 0 bridgehead atoms. The lowest BCUT2D eigenvalue weighted by atomic mass is 10.0. The number of hydrogen-bond acceptors (Lipinski definition) is 3. The van der Waals surface area contributed by atoms with Gasteiger partial charge in [-0.15, -0.1) is 0 Å². The Hall–Kier alpha value is -1.94. The Morgan fingerprint density at radius 2 is 2.15 bits per heavy atom. The fourth-order valence-electron chi connectivity index (χ4n) is 2.16. The van der Waals surface area contributed by atoms with Gasteiger partial charge in [-0.05, 0) is 42.8 Å². The van der Waals surface area contributed by atoms with Gasteiger partial charge in [0.05, 0.1) is 13.2 Å². The Balaban J connectivity index is 2.47. The molecule has 0 aliphatic carbocycles. The fourth-order valence-corrected chi connectivity index (χ4v) is 2.16. The molecule has 1 heterocycles. The number of nitrogens with zero attached hydrogens (tertiary/aromatic N) is 1. The third-order valence-electron chi connectivity index (χ3n) is 3.23. The van der Waals surface area contributed by atoms with E-state index in [0.717, 1.165) is 17.8 Å². The molecule has 106 valence electrons. The van der Waals surface area contributed by atoms with Gasteiger partial charge in [0.15, 0.2) is 0 Å². The standard InChI is InChI=1S/C16H19FN2O/c1-4-18-15(12-8-7-11(2)13(17)10-12)16-14(20-3)6-5-9-19-16/h5-10,15,18H,4H2,1-3H3. The van der Waals surface area contributed by atoms with Crippen molar-refractivity contribution in [3.8, 4) is 5.75 Å². The number of halogens is 1. The van der Waals surface area contributed by atoms with Gasteiger partial charge in [0.2, 0.25) is 0 Å². The maximum Gasteiger partial charge on any atom is 0.142 e. The molecule has 2 rings (SSSR count). The van der Waals surface area contributed by atoms with E-state index in [9.17, 15) is 4.39 Å². The van der Waals surface area contributed by atoms with Gasteiger partial charge in [0.1, 0.15) is 17.3 Å². The minimum atomic E-state index is -0.208. The van der Waals surface area contributed by atoms with Crippen molar-refractivity contribution in [2.75, 3.05) is 13.7 Å². The summed E-state index contributed by atoms with van der Waals surface area (Å²) in [5, 5.41) is 3.33. The van der Waals surface area contributed by atoms with Crippen LogP contribution in [-0.2, 0) is 0 Å². The molecule has 0 spiro atoms. The van der Waals surface area contributed by atoms with Gasteiger partial charge in [-0.2, -0.15) is 0 Å². The van der Waals surface area contributed by atoms with Crippen LogP contribution in [0.15, 0.2) is 36.5 Å².